The Morgan fingerprint density at radius 3 is 1.25 bits per heavy atom. The topological polar surface area (TPSA) is 74.6 Å². The zero-order valence-corrected chi connectivity index (χ0v) is 20.3. The molecule has 0 radical (unpaired) electrons. The van der Waals surface area contributed by atoms with E-state index in [1.54, 1.807) is 0 Å². The van der Waals surface area contributed by atoms with E-state index in [-0.39, 0.29) is 183 Å². The monoisotopic (exact) mass is 358 g/mol. The van der Waals surface area contributed by atoms with E-state index >= 15 is 0 Å². The van der Waals surface area contributed by atoms with E-state index < -0.39 is 10.4 Å². The predicted molar refractivity (Wildman–Crippen MR) is 17.5 cm³/mol. The molecule has 0 aromatic rings. The van der Waals surface area contributed by atoms with Crippen LogP contribution in [0.4, 0.5) is 0 Å². The van der Waals surface area contributed by atoms with Gasteiger partial charge in [-0.1, -0.05) is 0 Å². The van der Waals surface area contributed by atoms with Gasteiger partial charge in [0.1, 0.15) is 0 Å². The second-order valence-corrected chi connectivity index (χ2v) is 1.34. The van der Waals surface area contributed by atoms with Gasteiger partial charge in [-0.15, -0.1) is 0 Å². The summed E-state index contributed by atoms with van der Waals surface area (Å²) in [5.74, 6) is 0. The fourth-order valence-electron chi connectivity index (χ4n) is 0. The SMILES string of the molecule is O=S(=O)(O)O.[Cs+].[H-].[H-].[H-].[K+].[Rb+]. The van der Waals surface area contributed by atoms with Crippen LogP contribution in [-0.4, -0.2) is 17.5 Å². The van der Waals surface area contributed by atoms with E-state index in [9.17, 15) is 0 Å². The Hall–Kier alpha value is 5.36. The van der Waals surface area contributed by atoms with Crippen LogP contribution in [-0.2, 0) is 10.4 Å². The Labute approximate surface area is 203 Å². The van der Waals surface area contributed by atoms with E-state index in [1.165, 1.54) is 0 Å². The molecule has 0 saturated carbocycles. The first-order valence-corrected chi connectivity index (χ1v) is 2.10. The van der Waals surface area contributed by atoms with Crippen molar-refractivity contribution >= 4 is 10.4 Å². The summed E-state index contributed by atoms with van der Waals surface area (Å²) in [6.45, 7) is 0. The Morgan fingerprint density at radius 2 is 1.25 bits per heavy atom. The molecule has 0 fully saturated rings. The minimum Gasteiger partial charge on any atom is -1.00 e. The smallest absolute Gasteiger partial charge is 1.00 e. The molecule has 0 aromatic heterocycles. The normalized spacial score (nSPS) is 7.25. The van der Waals surface area contributed by atoms with Crippen LogP contribution in [0.5, 0.6) is 0 Å². The van der Waals surface area contributed by atoms with Crippen LogP contribution in [0.1, 0.15) is 4.28 Å². The number of rotatable bonds is 0. The van der Waals surface area contributed by atoms with E-state index in [4.69, 9.17) is 17.5 Å². The van der Waals surface area contributed by atoms with Crippen LogP contribution in [0.3, 0.4) is 0 Å². The van der Waals surface area contributed by atoms with Gasteiger partial charge >= 0.3 is 189 Å². The molecular formula is H5CsKO4RbS. The average Bonchev–Trinajstić information content (AvgIpc) is 0.722. The third-order valence-corrected chi connectivity index (χ3v) is 0. The average molecular weight is 359 g/mol. The predicted octanol–water partition coefficient (Wildman–Crippen LogP) is -9.30. The molecule has 4 nitrogen and oxygen atoms in total. The third-order valence-electron chi connectivity index (χ3n) is 0. The van der Waals surface area contributed by atoms with E-state index in [1.807, 2.05) is 0 Å². The summed E-state index contributed by atoms with van der Waals surface area (Å²) < 4.78 is 31.6. The zero-order valence-electron chi connectivity index (χ0n) is 8.12. The first-order valence-electron chi connectivity index (χ1n) is 0.698. The fraction of sp³-hybridized carbons (Fsp3) is 0. The van der Waals surface area contributed by atoms with Crippen LogP contribution in [0.15, 0.2) is 0 Å². The maximum Gasteiger partial charge on any atom is 1.00 e. The summed E-state index contributed by atoms with van der Waals surface area (Å²) >= 11 is 0. The van der Waals surface area contributed by atoms with Crippen molar-refractivity contribution in [3.05, 3.63) is 0 Å². The minimum atomic E-state index is -4.67. The summed E-state index contributed by atoms with van der Waals surface area (Å²) in [5, 5.41) is 0. The first kappa shape index (κ1) is 23.3. The minimum absolute atomic E-state index is 0. The van der Waals surface area contributed by atoms with Gasteiger partial charge in [0.05, 0.1) is 0 Å². The molecule has 0 unspecified atom stereocenters. The molecule has 0 aliphatic rings. The molecule has 0 aliphatic carbocycles. The molecule has 0 rings (SSSR count). The molecule has 0 heterocycles. The Balaban J connectivity index is -0.00000000533. The van der Waals surface area contributed by atoms with Crippen molar-refractivity contribution in [1.29, 1.82) is 0 Å². The molecule has 0 spiro atoms. The van der Waals surface area contributed by atoms with Crippen molar-refractivity contribution in [2.45, 2.75) is 0 Å². The summed E-state index contributed by atoms with van der Waals surface area (Å²) in [4.78, 5) is 0. The van der Waals surface area contributed by atoms with E-state index in [0.717, 1.165) is 0 Å². The Morgan fingerprint density at radius 1 is 1.25 bits per heavy atom. The van der Waals surface area contributed by atoms with Crippen molar-refractivity contribution < 1.29 is 200 Å². The number of hydrogen-bond acceptors (Lipinski definition) is 2. The second kappa shape index (κ2) is 12.4. The van der Waals surface area contributed by atoms with Crippen LogP contribution in [0.25, 0.3) is 0 Å². The van der Waals surface area contributed by atoms with E-state index in [0.29, 0.717) is 0 Å². The molecule has 0 saturated heterocycles. The summed E-state index contributed by atoms with van der Waals surface area (Å²) in [6, 6.07) is 0. The molecule has 2 N–H and O–H groups in total. The molecule has 8 heteroatoms. The van der Waals surface area contributed by atoms with Gasteiger partial charge in [-0.25, -0.2) is 0 Å². The summed E-state index contributed by atoms with van der Waals surface area (Å²) in [7, 11) is -4.67. The van der Waals surface area contributed by atoms with Gasteiger partial charge in [-0.2, -0.15) is 8.42 Å². The Kier molecular flexibility index (Phi) is 36.0. The van der Waals surface area contributed by atoms with Crippen molar-refractivity contribution in [2.75, 3.05) is 0 Å². The molecule has 0 atom stereocenters. The Bertz CT molecular complexity index is 109. The third kappa shape index (κ3) is 42.4. The number of hydrogen-bond donors (Lipinski definition) is 2. The van der Waals surface area contributed by atoms with Gasteiger partial charge in [0.25, 0.3) is 0 Å². The van der Waals surface area contributed by atoms with Crippen molar-refractivity contribution in [3.8, 4) is 0 Å². The molecule has 38 valence electrons. The van der Waals surface area contributed by atoms with Gasteiger partial charge in [-0.05, 0) is 0 Å². The largest absolute Gasteiger partial charge is 1.00 e. The van der Waals surface area contributed by atoms with Crippen LogP contribution >= 0.6 is 0 Å². The van der Waals surface area contributed by atoms with Crippen molar-refractivity contribution in [3.63, 3.8) is 0 Å². The van der Waals surface area contributed by atoms with Gasteiger partial charge in [0.2, 0.25) is 0 Å². The summed E-state index contributed by atoms with van der Waals surface area (Å²) in [6.07, 6.45) is 0. The van der Waals surface area contributed by atoms with Crippen molar-refractivity contribution in [2.24, 2.45) is 0 Å². The van der Waals surface area contributed by atoms with Crippen LogP contribution in [0.2, 0.25) is 0 Å². The maximum absolute atomic E-state index is 8.74. The molecule has 0 aromatic carbocycles. The van der Waals surface area contributed by atoms with Gasteiger partial charge in [0.15, 0.2) is 0 Å². The molecule has 0 amide bonds. The zero-order chi connectivity index (χ0) is 4.50. The van der Waals surface area contributed by atoms with Crippen LogP contribution < -0.4 is 178 Å². The first-order chi connectivity index (χ1) is 2.00. The summed E-state index contributed by atoms with van der Waals surface area (Å²) in [5.41, 5.74) is 0. The fourth-order valence-corrected chi connectivity index (χ4v) is 0. The molecule has 0 bridgehead atoms. The molecule has 8 heavy (non-hydrogen) atoms. The quantitative estimate of drug-likeness (QED) is 0.333. The van der Waals surface area contributed by atoms with Crippen LogP contribution in [0, 0.1) is 0 Å². The molecular weight excluding hydrogens is 354 g/mol. The van der Waals surface area contributed by atoms with E-state index in [2.05, 4.69) is 0 Å². The standard InChI is InChI=1S/Cs.K.H2O4S.Rb.3H/c;;1-5(2,3)4;;;;/h;;(H2,1,2,3,4);;;;/q2*+1;;+1;3*-1. The van der Waals surface area contributed by atoms with Gasteiger partial charge in [-0.3, -0.25) is 9.11 Å². The van der Waals surface area contributed by atoms with Crippen molar-refractivity contribution in [1.82, 2.24) is 0 Å². The van der Waals surface area contributed by atoms with Gasteiger partial charge < -0.3 is 4.28 Å². The second-order valence-electron chi connectivity index (χ2n) is 0.448. The molecule has 0 aliphatic heterocycles. The van der Waals surface area contributed by atoms with Gasteiger partial charge in [0, 0.05) is 0 Å². The maximum atomic E-state index is 8.74.